The Balaban J connectivity index is 1.76. The van der Waals surface area contributed by atoms with E-state index in [1.54, 1.807) is 6.20 Å². The highest BCUT2D eigenvalue weighted by Gasteiger charge is 2.06. The van der Waals surface area contributed by atoms with Crippen LogP contribution >= 0.6 is 0 Å². The van der Waals surface area contributed by atoms with Gasteiger partial charge in [0.15, 0.2) is 0 Å². The van der Waals surface area contributed by atoms with Gasteiger partial charge in [-0.05, 0) is 44.0 Å². The summed E-state index contributed by atoms with van der Waals surface area (Å²) in [4.78, 5) is 12.8. The van der Waals surface area contributed by atoms with Crippen molar-refractivity contribution in [1.29, 1.82) is 0 Å². The van der Waals surface area contributed by atoms with Crippen LogP contribution in [0, 0.1) is 13.8 Å². The molecule has 0 aliphatic heterocycles. The minimum absolute atomic E-state index is 0.274. The van der Waals surface area contributed by atoms with E-state index in [9.17, 15) is 0 Å². The predicted octanol–water partition coefficient (Wildman–Crippen LogP) is 3.39. The molecule has 0 aliphatic rings. The SMILES string of the molecule is Cc1cc(C)cc(-c2cc(NCCc3cccnc3)nc(N)n2)c1. The lowest BCUT2D eigenvalue weighted by atomic mass is 10.0. The standard InChI is InChI=1S/C19H21N5/c1-13-8-14(2)10-16(9-13)17-11-18(24-19(20)23-17)22-7-5-15-4-3-6-21-12-15/h3-4,6,8-12H,5,7H2,1-2H3,(H3,20,22,23,24). The number of aryl methyl sites for hydroxylation is 2. The molecule has 3 aromatic rings. The number of nitrogens with two attached hydrogens (primary N) is 1. The highest BCUT2D eigenvalue weighted by atomic mass is 15.1. The topological polar surface area (TPSA) is 76.7 Å². The van der Waals surface area contributed by atoms with E-state index in [0.717, 1.165) is 30.0 Å². The molecule has 0 amide bonds. The van der Waals surface area contributed by atoms with Gasteiger partial charge in [-0.3, -0.25) is 4.98 Å². The minimum atomic E-state index is 0.274. The molecular formula is C19H21N5. The lowest BCUT2D eigenvalue weighted by Gasteiger charge is -2.10. The third-order valence-electron chi connectivity index (χ3n) is 3.70. The first-order valence-electron chi connectivity index (χ1n) is 7.96. The normalized spacial score (nSPS) is 10.6. The van der Waals surface area contributed by atoms with Crippen LogP contribution in [-0.2, 0) is 6.42 Å². The van der Waals surface area contributed by atoms with Gasteiger partial charge in [-0.15, -0.1) is 0 Å². The van der Waals surface area contributed by atoms with Crippen LogP contribution in [-0.4, -0.2) is 21.5 Å². The average Bonchev–Trinajstić information content (AvgIpc) is 2.54. The second-order valence-electron chi connectivity index (χ2n) is 5.91. The van der Waals surface area contributed by atoms with Gasteiger partial charge in [0.05, 0.1) is 5.69 Å². The Labute approximate surface area is 142 Å². The molecule has 0 unspecified atom stereocenters. The van der Waals surface area contributed by atoms with Crippen molar-refractivity contribution in [2.75, 3.05) is 17.6 Å². The number of nitrogens with one attached hydrogen (secondary N) is 1. The Morgan fingerprint density at radius 3 is 2.54 bits per heavy atom. The van der Waals surface area contributed by atoms with Crippen molar-refractivity contribution in [2.45, 2.75) is 20.3 Å². The van der Waals surface area contributed by atoms with E-state index < -0.39 is 0 Å². The molecule has 0 atom stereocenters. The quantitative estimate of drug-likeness (QED) is 0.754. The molecule has 122 valence electrons. The summed E-state index contributed by atoms with van der Waals surface area (Å²) >= 11 is 0. The number of aromatic nitrogens is 3. The van der Waals surface area contributed by atoms with Crippen molar-refractivity contribution >= 4 is 11.8 Å². The average molecular weight is 319 g/mol. The van der Waals surface area contributed by atoms with Gasteiger partial charge < -0.3 is 11.1 Å². The van der Waals surface area contributed by atoms with Crippen LogP contribution in [0.25, 0.3) is 11.3 Å². The van der Waals surface area contributed by atoms with Gasteiger partial charge in [-0.2, -0.15) is 4.98 Å². The lowest BCUT2D eigenvalue weighted by molar-refractivity contribution is 0.990. The molecular weight excluding hydrogens is 298 g/mol. The molecule has 2 aromatic heterocycles. The van der Waals surface area contributed by atoms with Gasteiger partial charge in [0.2, 0.25) is 5.95 Å². The summed E-state index contributed by atoms with van der Waals surface area (Å²) in [6, 6.07) is 12.3. The van der Waals surface area contributed by atoms with Gasteiger partial charge in [0.1, 0.15) is 5.82 Å². The van der Waals surface area contributed by atoms with Crippen molar-refractivity contribution < 1.29 is 0 Å². The molecule has 0 radical (unpaired) electrons. The van der Waals surface area contributed by atoms with Crippen molar-refractivity contribution in [3.63, 3.8) is 0 Å². The lowest BCUT2D eigenvalue weighted by Crippen LogP contribution is -2.08. The van der Waals surface area contributed by atoms with Crippen LogP contribution < -0.4 is 11.1 Å². The molecule has 5 heteroatoms. The molecule has 3 N–H and O–H groups in total. The van der Waals surface area contributed by atoms with E-state index in [0.29, 0.717) is 0 Å². The number of nitrogen functional groups attached to an aromatic ring is 1. The first-order valence-corrected chi connectivity index (χ1v) is 7.96. The largest absolute Gasteiger partial charge is 0.370 e. The first-order chi connectivity index (χ1) is 11.6. The van der Waals surface area contributed by atoms with Crippen molar-refractivity contribution in [3.8, 4) is 11.3 Å². The van der Waals surface area contributed by atoms with Crippen molar-refractivity contribution in [3.05, 3.63) is 65.5 Å². The summed E-state index contributed by atoms with van der Waals surface area (Å²) in [6.07, 6.45) is 4.52. The molecule has 1 aromatic carbocycles. The smallest absolute Gasteiger partial charge is 0.222 e. The van der Waals surface area contributed by atoms with Crippen LogP contribution in [0.2, 0.25) is 0 Å². The number of benzene rings is 1. The number of hydrogen-bond donors (Lipinski definition) is 2. The molecule has 2 heterocycles. The molecule has 0 spiro atoms. The zero-order chi connectivity index (χ0) is 16.9. The third kappa shape index (κ3) is 4.07. The Kier molecular flexibility index (Phi) is 4.70. The maximum atomic E-state index is 5.88. The molecule has 24 heavy (non-hydrogen) atoms. The molecule has 0 bridgehead atoms. The fourth-order valence-corrected chi connectivity index (χ4v) is 2.71. The van der Waals surface area contributed by atoms with E-state index >= 15 is 0 Å². The first kappa shape index (κ1) is 15.9. The van der Waals surface area contributed by atoms with Crippen LogP contribution in [0.4, 0.5) is 11.8 Å². The summed E-state index contributed by atoms with van der Waals surface area (Å²) in [5.41, 5.74) is 11.4. The van der Waals surface area contributed by atoms with E-state index in [1.165, 1.54) is 16.7 Å². The van der Waals surface area contributed by atoms with E-state index in [1.807, 2.05) is 18.3 Å². The molecule has 0 aliphatic carbocycles. The van der Waals surface area contributed by atoms with Crippen molar-refractivity contribution in [2.24, 2.45) is 0 Å². The fraction of sp³-hybridized carbons (Fsp3) is 0.211. The van der Waals surface area contributed by atoms with Gasteiger partial charge in [-0.1, -0.05) is 23.3 Å². The van der Waals surface area contributed by atoms with Gasteiger partial charge in [-0.25, -0.2) is 4.98 Å². The summed E-state index contributed by atoms with van der Waals surface area (Å²) < 4.78 is 0. The van der Waals surface area contributed by atoms with Gasteiger partial charge >= 0.3 is 0 Å². The molecule has 0 fully saturated rings. The minimum Gasteiger partial charge on any atom is -0.370 e. The van der Waals surface area contributed by atoms with Crippen molar-refractivity contribution in [1.82, 2.24) is 15.0 Å². The third-order valence-corrected chi connectivity index (χ3v) is 3.70. The summed E-state index contributed by atoms with van der Waals surface area (Å²) in [6.45, 7) is 4.91. The van der Waals surface area contributed by atoms with E-state index in [2.05, 4.69) is 58.4 Å². The Hall–Kier alpha value is -2.95. The Bertz CT molecular complexity index is 810. The van der Waals surface area contributed by atoms with E-state index in [-0.39, 0.29) is 5.95 Å². The number of rotatable bonds is 5. The second kappa shape index (κ2) is 7.08. The summed E-state index contributed by atoms with van der Waals surface area (Å²) in [5, 5.41) is 3.31. The van der Waals surface area contributed by atoms with E-state index in [4.69, 9.17) is 5.73 Å². The second-order valence-corrected chi connectivity index (χ2v) is 5.91. The highest BCUT2D eigenvalue weighted by molar-refractivity contribution is 5.65. The summed E-state index contributed by atoms with van der Waals surface area (Å²) in [7, 11) is 0. The summed E-state index contributed by atoms with van der Waals surface area (Å²) in [5.74, 6) is 1.01. The highest BCUT2D eigenvalue weighted by Crippen LogP contribution is 2.23. The zero-order valence-electron chi connectivity index (χ0n) is 14.0. The maximum Gasteiger partial charge on any atom is 0.222 e. The molecule has 5 nitrogen and oxygen atoms in total. The predicted molar refractivity (Wildman–Crippen MR) is 97.8 cm³/mol. The zero-order valence-corrected chi connectivity index (χ0v) is 14.0. The van der Waals surface area contributed by atoms with Crippen LogP contribution in [0.5, 0.6) is 0 Å². The van der Waals surface area contributed by atoms with Gasteiger partial charge in [0, 0.05) is 30.6 Å². The monoisotopic (exact) mass is 319 g/mol. The number of nitrogens with zero attached hydrogens (tertiary/aromatic N) is 3. The van der Waals surface area contributed by atoms with Crippen LogP contribution in [0.3, 0.4) is 0 Å². The Morgan fingerprint density at radius 1 is 1.04 bits per heavy atom. The number of pyridine rings is 1. The van der Waals surface area contributed by atoms with Crippen LogP contribution in [0.1, 0.15) is 16.7 Å². The van der Waals surface area contributed by atoms with Crippen LogP contribution in [0.15, 0.2) is 48.8 Å². The molecule has 3 rings (SSSR count). The number of anilines is 2. The maximum absolute atomic E-state index is 5.88. The molecule has 0 saturated heterocycles. The van der Waals surface area contributed by atoms with Gasteiger partial charge in [0.25, 0.3) is 0 Å². The number of hydrogen-bond acceptors (Lipinski definition) is 5. The Morgan fingerprint density at radius 2 is 1.83 bits per heavy atom. The fourth-order valence-electron chi connectivity index (χ4n) is 2.71. The molecule has 0 saturated carbocycles.